The van der Waals surface area contributed by atoms with E-state index in [0.717, 1.165) is 60.7 Å². The molecule has 0 unspecified atom stereocenters. The Balaban J connectivity index is 1.41. The Hall–Kier alpha value is -2.67. The van der Waals surface area contributed by atoms with Crippen LogP contribution >= 0.6 is 0 Å². The summed E-state index contributed by atoms with van der Waals surface area (Å²) in [6.07, 6.45) is 2.72. The molecule has 2 aliphatic rings. The second kappa shape index (κ2) is 9.22. The number of carbonyl (C=O) groups is 1. The topological polar surface area (TPSA) is 78.5 Å². The van der Waals surface area contributed by atoms with Crippen molar-refractivity contribution in [3.05, 3.63) is 57.3 Å². The second-order valence-electron chi connectivity index (χ2n) is 8.83. The maximum atomic E-state index is 12.8. The summed E-state index contributed by atoms with van der Waals surface area (Å²) in [7, 11) is 1.63. The number of aromatic nitrogens is 2. The van der Waals surface area contributed by atoms with E-state index < -0.39 is 0 Å². The summed E-state index contributed by atoms with van der Waals surface area (Å²) in [5.41, 5.74) is 2.68. The molecule has 1 N–H and O–H groups in total. The van der Waals surface area contributed by atoms with Crippen LogP contribution in [-0.2, 0) is 24.2 Å². The number of hydrogen-bond acceptors (Lipinski definition) is 5. The van der Waals surface area contributed by atoms with Crippen LogP contribution < -0.4 is 10.3 Å². The van der Waals surface area contributed by atoms with Gasteiger partial charge in [-0.05, 0) is 39.2 Å². The smallest absolute Gasteiger partial charge is 0.254 e. The number of amides is 1. The lowest BCUT2D eigenvalue weighted by Crippen LogP contribution is -2.41. The number of aromatic amines is 1. The summed E-state index contributed by atoms with van der Waals surface area (Å²) >= 11 is 0. The molecule has 0 spiro atoms. The van der Waals surface area contributed by atoms with Crippen LogP contribution in [0.4, 0.5) is 0 Å². The number of carbonyl (C=O) groups excluding carboxylic acids is 1. The van der Waals surface area contributed by atoms with E-state index in [9.17, 15) is 9.59 Å². The van der Waals surface area contributed by atoms with Crippen molar-refractivity contribution >= 4 is 5.91 Å². The number of H-pyrrole nitrogens is 1. The van der Waals surface area contributed by atoms with Crippen LogP contribution in [0.1, 0.15) is 55.3 Å². The second-order valence-corrected chi connectivity index (χ2v) is 8.83. The first-order valence-electron chi connectivity index (χ1n) is 11.2. The van der Waals surface area contributed by atoms with E-state index >= 15 is 0 Å². The number of nitrogens with zero attached hydrogens (tertiary/aromatic N) is 3. The summed E-state index contributed by atoms with van der Waals surface area (Å²) in [5.74, 6) is 1.83. The van der Waals surface area contributed by atoms with E-state index in [-0.39, 0.29) is 17.4 Å². The first-order chi connectivity index (χ1) is 15.0. The number of piperidine rings is 1. The van der Waals surface area contributed by atoms with Gasteiger partial charge in [-0.2, -0.15) is 0 Å². The Morgan fingerprint density at radius 1 is 1.23 bits per heavy atom. The van der Waals surface area contributed by atoms with Gasteiger partial charge in [0.1, 0.15) is 11.6 Å². The van der Waals surface area contributed by atoms with Gasteiger partial charge in [0.05, 0.1) is 19.2 Å². The molecule has 7 nitrogen and oxygen atoms in total. The van der Waals surface area contributed by atoms with Crippen molar-refractivity contribution in [3.63, 3.8) is 0 Å². The highest BCUT2D eigenvalue weighted by atomic mass is 16.5. The zero-order chi connectivity index (χ0) is 22.0. The molecule has 2 aromatic rings. The number of rotatable bonds is 5. The standard InChI is InChI=1S/C24H32N4O3/c1-16(2)28-13-10-19-20(15-28)25-23(26-24(19)30)17-8-11-27(12-9-17)22(29)14-18-6-4-5-7-21(18)31-3/h4-7,16-17H,8-15H2,1-3H3,(H,25,26,30). The van der Waals surface area contributed by atoms with Crippen LogP contribution in [0.5, 0.6) is 5.75 Å². The molecule has 0 bridgehead atoms. The molecular formula is C24H32N4O3. The average Bonchev–Trinajstić information content (AvgIpc) is 2.79. The van der Waals surface area contributed by atoms with E-state index in [1.54, 1.807) is 7.11 Å². The molecular weight excluding hydrogens is 392 g/mol. The van der Waals surface area contributed by atoms with Crippen molar-refractivity contribution in [2.75, 3.05) is 26.7 Å². The lowest BCUT2D eigenvalue weighted by Gasteiger charge is -2.33. The van der Waals surface area contributed by atoms with Crippen molar-refractivity contribution < 1.29 is 9.53 Å². The normalized spacial score (nSPS) is 17.6. The number of methoxy groups -OCH3 is 1. The molecule has 1 saturated heterocycles. The SMILES string of the molecule is COc1ccccc1CC(=O)N1CCC(c2nc3c(c(=O)[nH]2)CCN(C(C)C)C3)CC1. The van der Waals surface area contributed by atoms with Crippen LogP contribution in [0.2, 0.25) is 0 Å². The lowest BCUT2D eigenvalue weighted by atomic mass is 9.94. The summed E-state index contributed by atoms with van der Waals surface area (Å²) in [5, 5.41) is 0. The average molecular weight is 425 g/mol. The predicted molar refractivity (Wildman–Crippen MR) is 119 cm³/mol. The van der Waals surface area contributed by atoms with E-state index in [1.807, 2.05) is 29.2 Å². The Morgan fingerprint density at radius 3 is 2.68 bits per heavy atom. The highest BCUT2D eigenvalue weighted by molar-refractivity contribution is 5.79. The zero-order valence-electron chi connectivity index (χ0n) is 18.7. The Kier molecular flexibility index (Phi) is 6.41. The highest BCUT2D eigenvalue weighted by Crippen LogP contribution is 2.27. The van der Waals surface area contributed by atoms with Crippen LogP contribution in [0.15, 0.2) is 29.1 Å². The fourth-order valence-electron chi connectivity index (χ4n) is 4.64. The fraction of sp³-hybridized carbons (Fsp3) is 0.542. The van der Waals surface area contributed by atoms with E-state index in [2.05, 4.69) is 23.7 Å². The molecule has 1 aromatic carbocycles. The molecule has 1 fully saturated rings. The van der Waals surface area contributed by atoms with Crippen LogP contribution in [0, 0.1) is 0 Å². The molecule has 31 heavy (non-hydrogen) atoms. The maximum Gasteiger partial charge on any atom is 0.254 e. The van der Waals surface area contributed by atoms with Crippen molar-refractivity contribution in [1.29, 1.82) is 0 Å². The molecule has 0 saturated carbocycles. The Morgan fingerprint density at radius 2 is 1.97 bits per heavy atom. The van der Waals surface area contributed by atoms with Crippen molar-refractivity contribution in [2.24, 2.45) is 0 Å². The molecule has 7 heteroatoms. The number of benzene rings is 1. The van der Waals surface area contributed by atoms with Gasteiger partial charge in [0.2, 0.25) is 5.91 Å². The maximum absolute atomic E-state index is 12.8. The summed E-state index contributed by atoms with van der Waals surface area (Å²) < 4.78 is 5.37. The quantitative estimate of drug-likeness (QED) is 0.798. The lowest BCUT2D eigenvalue weighted by molar-refractivity contribution is -0.131. The third-order valence-electron chi connectivity index (χ3n) is 6.62. The first-order valence-corrected chi connectivity index (χ1v) is 11.2. The molecule has 166 valence electrons. The number of nitrogens with one attached hydrogen (secondary N) is 1. The summed E-state index contributed by atoms with van der Waals surface area (Å²) in [6, 6.07) is 8.09. The van der Waals surface area contributed by atoms with Gasteiger partial charge in [-0.15, -0.1) is 0 Å². The van der Waals surface area contributed by atoms with Crippen LogP contribution in [-0.4, -0.2) is 58.5 Å². The Bertz CT molecular complexity index is 993. The summed E-state index contributed by atoms with van der Waals surface area (Å²) in [6.45, 7) is 7.35. The van der Waals surface area contributed by atoms with Gasteiger partial charge < -0.3 is 14.6 Å². The van der Waals surface area contributed by atoms with Crippen molar-refractivity contribution in [3.8, 4) is 5.75 Å². The molecule has 1 amide bonds. The minimum atomic E-state index is 0.0121. The predicted octanol–water partition coefficient (Wildman–Crippen LogP) is 2.49. The number of fused-ring (bicyclic) bond motifs is 1. The minimum absolute atomic E-state index is 0.0121. The van der Waals surface area contributed by atoms with Gasteiger partial charge >= 0.3 is 0 Å². The van der Waals surface area contributed by atoms with Gasteiger partial charge in [-0.1, -0.05) is 18.2 Å². The molecule has 0 radical (unpaired) electrons. The fourth-order valence-corrected chi connectivity index (χ4v) is 4.64. The van der Waals surface area contributed by atoms with E-state index in [4.69, 9.17) is 9.72 Å². The van der Waals surface area contributed by atoms with Crippen molar-refractivity contribution in [2.45, 2.75) is 58.0 Å². The Labute approximate surface area is 183 Å². The van der Waals surface area contributed by atoms with E-state index in [0.29, 0.717) is 25.6 Å². The first kappa shape index (κ1) is 21.6. The summed E-state index contributed by atoms with van der Waals surface area (Å²) in [4.78, 5) is 37.7. The van der Waals surface area contributed by atoms with Crippen molar-refractivity contribution in [1.82, 2.24) is 19.8 Å². The molecule has 1 aromatic heterocycles. The molecule has 3 heterocycles. The van der Waals surface area contributed by atoms with Gasteiger partial charge in [0, 0.05) is 49.3 Å². The number of ether oxygens (including phenoxy) is 1. The van der Waals surface area contributed by atoms with Gasteiger partial charge in [-0.25, -0.2) is 4.98 Å². The largest absolute Gasteiger partial charge is 0.496 e. The van der Waals surface area contributed by atoms with Gasteiger partial charge in [0.15, 0.2) is 0 Å². The number of likely N-dealkylation sites (tertiary alicyclic amines) is 1. The van der Waals surface area contributed by atoms with Gasteiger partial charge in [-0.3, -0.25) is 14.5 Å². The third-order valence-corrected chi connectivity index (χ3v) is 6.62. The number of para-hydroxylation sites is 1. The molecule has 0 atom stereocenters. The van der Waals surface area contributed by atoms with Crippen LogP contribution in [0.25, 0.3) is 0 Å². The molecule has 4 rings (SSSR count). The highest BCUT2D eigenvalue weighted by Gasteiger charge is 2.28. The zero-order valence-corrected chi connectivity index (χ0v) is 18.7. The third kappa shape index (κ3) is 4.66. The monoisotopic (exact) mass is 424 g/mol. The van der Waals surface area contributed by atoms with E-state index in [1.165, 1.54) is 0 Å². The number of hydrogen-bond donors (Lipinski definition) is 1. The molecule has 2 aliphatic heterocycles. The van der Waals surface area contributed by atoms with Gasteiger partial charge in [0.25, 0.3) is 5.56 Å². The minimum Gasteiger partial charge on any atom is -0.496 e. The molecule has 0 aliphatic carbocycles. The van der Waals surface area contributed by atoms with Crippen LogP contribution in [0.3, 0.4) is 0 Å².